The van der Waals surface area contributed by atoms with E-state index in [1.165, 1.54) is 23.5 Å². The number of fused-ring (bicyclic) bond motifs is 1. The number of rotatable bonds is 3. The van der Waals surface area contributed by atoms with Crippen molar-refractivity contribution in [3.8, 4) is 0 Å². The Kier molecular flexibility index (Phi) is 10.6. The van der Waals surface area contributed by atoms with Gasteiger partial charge >= 0.3 is 0 Å². The molecule has 1 aromatic heterocycles. The van der Waals surface area contributed by atoms with Crippen LogP contribution in [-0.2, 0) is 72.3 Å². The summed E-state index contributed by atoms with van der Waals surface area (Å²) in [7, 11) is 0. The van der Waals surface area contributed by atoms with Gasteiger partial charge in [-0.1, -0.05) is 31.7 Å². The van der Waals surface area contributed by atoms with E-state index in [9.17, 15) is 10.1 Å². The number of non-ortho nitro benzene ring substituents is 1. The Bertz CT molecular complexity index is 910. The molecule has 0 aliphatic rings. The van der Waals surface area contributed by atoms with Crippen LogP contribution in [0, 0.1) is 42.2 Å². The van der Waals surface area contributed by atoms with Gasteiger partial charge in [-0.15, -0.1) is 5.52 Å². The number of anilines is 2. The Morgan fingerprint density at radius 3 is 2.64 bits per heavy atom. The molecule has 1 N–H and O–H groups in total. The summed E-state index contributed by atoms with van der Waals surface area (Å²) < 4.78 is 0.925. The number of nitrogens with one attached hydrogen (secondary N) is 1. The summed E-state index contributed by atoms with van der Waals surface area (Å²) in [5.74, 6) is 0. The molecule has 5 nitrogen and oxygen atoms in total. The molecule has 2 aromatic carbocycles. The van der Waals surface area contributed by atoms with Crippen LogP contribution in [0.5, 0.6) is 0 Å². The van der Waals surface area contributed by atoms with Gasteiger partial charge in [0.2, 0.25) is 0 Å². The van der Waals surface area contributed by atoms with Crippen LogP contribution in [0.25, 0.3) is 10.2 Å². The van der Waals surface area contributed by atoms with Crippen molar-refractivity contribution in [2.45, 2.75) is 13.8 Å². The third-order valence-electron chi connectivity index (χ3n) is 2.98. The normalized spacial score (nSPS) is 9.56. The molecular weight excluding hydrogens is 645 g/mol. The summed E-state index contributed by atoms with van der Waals surface area (Å²) in [6.45, 7) is 3.87. The first-order valence-corrected chi connectivity index (χ1v) is 7.48. The van der Waals surface area contributed by atoms with E-state index in [2.05, 4.69) is 28.5 Å². The SMILES string of the molecule is Cc1[c-]c(C)c2nc(Nc3[c-]cc([N+](=O)[O-])cc3Cl)sc2[c-]1.[V].[W].[Y]. The van der Waals surface area contributed by atoms with Crippen molar-refractivity contribution in [2.75, 3.05) is 5.32 Å². The van der Waals surface area contributed by atoms with Gasteiger partial charge in [-0.2, -0.15) is 33.7 Å². The van der Waals surface area contributed by atoms with E-state index in [4.69, 9.17) is 11.6 Å². The summed E-state index contributed by atoms with van der Waals surface area (Å²) in [5.41, 5.74) is 3.06. The fraction of sp³-hybridized carbons (Fsp3) is 0.133. The average molecular weight is 654 g/mol. The van der Waals surface area contributed by atoms with Crippen LogP contribution >= 0.6 is 22.9 Å². The molecule has 0 atom stereocenters. The molecule has 0 aliphatic carbocycles. The third-order valence-corrected chi connectivity index (χ3v) is 4.16. The maximum absolute atomic E-state index is 10.7. The molecular formula is C15H9ClN3O2SVWY-3. The number of hydrogen-bond donors (Lipinski definition) is 1. The molecule has 0 bridgehead atoms. The first-order chi connectivity index (χ1) is 10.4. The van der Waals surface area contributed by atoms with Crippen molar-refractivity contribution in [2.24, 2.45) is 0 Å². The Balaban J connectivity index is 0.00000192. The molecule has 0 fully saturated rings. The molecule has 0 aliphatic heterocycles. The van der Waals surface area contributed by atoms with E-state index in [-0.39, 0.29) is 83.0 Å². The Morgan fingerprint density at radius 2 is 2.04 bits per heavy atom. The minimum atomic E-state index is -0.513. The number of nitrogens with zero attached hydrogens (tertiary/aromatic N) is 2. The second-order valence-electron chi connectivity index (χ2n) is 4.66. The standard InChI is InChI=1S/C15H9ClN3O2S.V.W.Y/c1-8-5-9(2)14-13(6-8)22-15(18-14)17-12-4-3-10(19(20)21)7-11(12)16;;;/h3,7H,1-2H3,(H,17,18);;;/q-3;;;. The number of hydrogen-bond acceptors (Lipinski definition) is 5. The van der Waals surface area contributed by atoms with E-state index in [0.29, 0.717) is 10.8 Å². The van der Waals surface area contributed by atoms with Gasteiger partial charge in [-0.3, -0.25) is 21.2 Å². The van der Waals surface area contributed by atoms with E-state index >= 15 is 0 Å². The topological polar surface area (TPSA) is 68.1 Å². The number of halogens is 1. The quantitative estimate of drug-likeness (QED) is 0.255. The van der Waals surface area contributed by atoms with Gasteiger partial charge in [0.25, 0.3) is 0 Å². The number of benzene rings is 2. The zero-order valence-electron chi connectivity index (χ0n) is 13.1. The fourth-order valence-electron chi connectivity index (χ4n) is 2.02. The molecule has 126 valence electrons. The second-order valence-corrected chi connectivity index (χ2v) is 6.07. The van der Waals surface area contributed by atoms with E-state index in [1.54, 1.807) is 0 Å². The maximum atomic E-state index is 10.7. The van der Waals surface area contributed by atoms with Crippen LogP contribution in [-0.4, -0.2) is 9.91 Å². The molecule has 0 unspecified atom stereocenters. The van der Waals surface area contributed by atoms with E-state index in [1.807, 2.05) is 13.8 Å². The minimum Gasteiger partial charge on any atom is -0.355 e. The summed E-state index contributed by atoms with van der Waals surface area (Å²) in [6, 6.07) is 11.7. The molecule has 2 radical (unpaired) electrons. The molecule has 25 heavy (non-hydrogen) atoms. The average Bonchev–Trinajstić information content (AvgIpc) is 2.83. The van der Waals surface area contributed by atoms with Crippen molar-refractivity contribution < 1.29 is 77.3 Å². The van der Waals surface area contributed by atoms with Gasteiger partial charge < -0.3 is 22.4 Å². The van der Waals surface area contributed by atoms with Gasteiger partial charge in [-0.25, -0.2) is 0 Å². The van der Waals surface area contributed by atoms with Crippen LogP contribution in [0.15, 0.2) is 12.1 Å². The molecule has 3 rings (SSSR count). The second kappa shape index (κ2) is 10.5. The molecule has 3 aromatic rings. The zero-order valence-corrected chi connectivity index (χ0v) is 21.8. The number of aryl methyl sites for hydroxylation is 2. The largest absolute Gasteiger partial charge is 0.355 e. The monoisotopic (exact) mass is 654 g/mol. The summed E-state index contributed by atoms with van der Waals surface area (Å²) in [6.07, 6.45) is 0. The van der Waals surface area contributed by atoms with Crippen molar-refractivity contribution in [1.29, 1.82) is 0 Å². The Morgan fingerprint density at radius 1 is 1.36 bits per heavy atom. The van der Waals surface area contributed by atoms with Crippen LogP contribution in [0.2, 0.25) is 5.02 Å². The fourth-order valence-corrected chi connectivity index (χ4v) is 3.22. The van der Waals surface area contributed by atoms with Crippen molar-refractivity contribution in [1.82, 2.24) is 4.98 Å². The Hall–Kier alpha value is 0.197. The first kappa shape index (κ1) is 25.2. The van der Waals surface area contributed by atoms with Crippen molar-refractivity contribution >= 4 is 49.7 Å². The van der Waals surface area contributed by atoms with Crippen LogP contribution in [0.3, 0.4) is 0 Å². The van der Waals surface area contributed by atoms with Gasteiger partial charge in [-0.05, 0) is 5.02 Å². The molecule has 0 amide bonds. The van der Waals surface area contributed by atoms with Crippen LogP contribution < -0.4 is 5.32 Å². The molecule has 0 spiro atoms. The van der Waals surface area contributed by atoms with Gasteiger partial charge in [0.1, 0.15) is 0 Å². The van der Waals surface area contributed by atoms with Crippen molar-refractivity contribution in [3.05, 3.63) is 56.6 Å². The molecule has 0 saturated carbocycles. The molecule has 10 heteroatoms. The van der Waals surface area contributed by atoms with Crippen molar-refractivity contribution in [3.63, 3.8) is 0 Å². The smallest absolute Gasteiger partial charge is 0.164 e. The Labute approximate surface area is 205 Å². The van der Waals surface area contributed by atoms with Crippen LogP contribution in [0.1, 0.15) is 11.1 Å². The van der Waals surface area contributed by atoms with E-state index < -0.39 is 4.92 Å². The van der Waals surface area contributed by atoms with E-state index in [0.717, 1.165) is 21.3 Å². The van der Waals surface area contributed by atoms with Gasteiger partial charge in [0, 0.05) is 77.3 Å². The summed E-state index contributed by atoms with van der Waals surface area (Å²) in [4.78, 5) is 14.7. The predicted octanol–water partition coefficient (Wildman–Crippen LogP) is 4.61. The zero-order chi connectivity index (χ0) is 15.9. The van der Waals surface area contributed by atoms with Crippen LogP contribution in [0.4, 0.5) is 16.5 Å². The number of nitro groups is 1. The summed E-state index contributed by atoms with van der Waals surface area (Å²) >= 11 is 7.47. The number of thiazole rings is 1. The maximum Gasteiger partial charge on any atom is 0.164 e. The molecule has 0 saturated heterocycles. The summed E-state index contributed by atoms with van der Waals surface area (Å²) in [5, 5.41) is 14.6. The van der Waals surface area contributed by atoms with Gasteiger partial charge in [0.15, 0.2) is 10.8 Å². The first-order valence-electron chi connectivity index (χ1n) is 6.29. The minimum absolute atomic E-state index is 0. The number of aromatic nitrogens is 1. The third kappa shape index (κ3) is 5.84. The molecule has 1 heterocycles. The van der Waals surface area contributed by atoms with Gasteiger partial charge in [0.05, 0.1) is 0 Å². The predicted molar refractivity (Wildman–Crippen MR) is 87.0 cm³/mol. The number of nitro benzene ring substituents is 1.